The number of pyridine rings is 1. The standard InChI is InChI=1S/C12H11N3O2.ClH/c1-8(12(16)17)14-15-10-6-2-4-9-5-3-7-13-11(9)10;/h2-7,15H,1H3,(H,16,17);1H/b14-8+;. The van der Waals surface area contributed by atoms with Crippen LogP contribution >= 0.6 is 12.4 Å². The smallest absolute Gasteiger partial charge is 0.351 e. The van der Waals surface area contributed by atoms with E-state index in [0.29, 0.717) is 5.69 Å². The summed E-state index contributed by atoms with van der Waals surface area (Å²) >= 11 is 0. The molecule has 1 heterocycles. The molecule has 0 amide bonds. The van der Waals surface area contributed by atoms with Crippen molar-refractivity contribution >= 4 is 40.7 Å². The summed E-state index contributed by atoms with van der Waals surface area (Å²) < 4.78 is 0. The van der Waals surface area contributed by atoms with Crippen molar-refractivity contribution in [3.05, 3.63) is 36.5 Å². The average molecular weight is 266 g/mol. The van der Waals surface area contributed by atoms with Crippen LogP contribution in [0.25, 0.3) is 10.9 Å². The lowest BCUT2D eigenvalue weighted by atomic mass is 10.2. The van der Waals surface area contributed by atoms with Crippen molar-refractivity contribution in [3.63, 3.8) is 0 Å². The van der Waals surface area contributed by atoms with Gasteiger partial charge in [0.1, 0.15) is 5.71 Å². The third-order valence-electron chi connectivity index (χ3n) is 2.29. The molecule has 0 fully saturated rings. The van der Waals surface area contributed by atoms with Crippen molar-refractivity contribution in [3.8, 4) is 0 Å². The lowest BCUT2D eigenvalue weighted by Crippen LogP contribution is -2.10. The summed E-state index contributed by atoms with van der Waals surface area (Å²) in [5, 5.41) is 13.4. The fourth-order valence-corrected chi connectivity index (χ4v) is 1.39. The van der Waals surface area contributed by atoms with Crippen molar-refractivity contribution in [2.75, 3.05) is 5.43 Å². The Morgan fingerprint density at radius 2 is 2.06 bits per heavy atom. The predicted molar refractivity (Wildman–Crippen MR) is 73.4 cm³/mol. The average Bonchev–Trinajstić information content (AvgIpc) is 2.35. The summed E-state index contributed by atoms with van der Waals surface area (Å²) in [5.74, 6) is -1.05. The molecule has 0 bridgehead atoms. The van der Waals surface area contributed by atoms with Gasteiger partial charge in [0.05, 0.1) is 11.2 Å². The Hall–Kier alpha value is -2.14. The highest BCUT2D eigenvalue weighted by Crippen LogP contribution is 2.20. The van der Waals surface area contributed by atoms with Crippen LogP contribution in [0, 0.1) is 0 Å². The minimum Gasteiger partial charge on any atom is -0.477 e. The molecule has 0 unspecified atom stereocenters. The van der Waals surface area contributed by atoms with Gasteiger partial charge in [-0.05, 0) is 19.1 Å². The number of anilines is 1. The number of halogens is 1. The van der Waals surface area contributed by atoms with Gasteiger partial charge in [-0.1, -0.05) is 18.2 Å². The highest BCUT2D eigenvalue weighted by atomic mass is 35.5. The summed E-state index contributed by atoms with van der Waals surface area (Å²) in [7, 11) is 0. The topological polar surface area (TPSA) is 74.6 Å². The van der Waals surface area contributed by atoms with E-state index in [2.05, 4.69) is 15.5 Å². The normalized spacial score (nSPS) is 10.8. The molecular formula is C12H12ClN3O2. The van der Waals surface area contributed by atoms with Gasteiger partial charge in [-0.2, -0.15) is 5.10 Å². The number of aliphatic carboxylic acids is 1. The number of benzene rings is 1. The lowest BCUT2D eigenvalue weighted by Gasteiger charge is -2.04. The number of para-hydroxylation sites is 1. The van der Waals surface area contributed by atoms with Gasteiger partial charge in [0.2, 0.25) is 0 Å². The van der Waals surface area contributed by atoms with Crippen molar-refractivity contribution in [2.24, 2.45) is 5.10 Å². The Labute approximate surface area is 110 Å². The molecule has 18 heavy (non-hydrogen) atoms. The van der Waals surface area contributed by atoms with Crippen LogP contribution in [0.4, 0.5) is 5.69 Å². The molecule has 2 rings (SSSR count). The number of hydrazone groups is 1. The number of hydrogen-bond acceptors (Lipinski definition) is 4. The van der Waals surface area contributed by atoms with Crippen molar-refractivity contribution in [1.29, 1.82) is 0 Å². The van der Waals surface area contributed by atoms with E-state index in [1.54, 1.807) is 12.3 Å². The Bertz CT molecular complexity index is 593. The molecule has 1 aromatic carbocycles. The Morgan fingerprint density at radius 3 is 2.78 bits per heavy atom. The third-order valence-corrected chi connectivity index (χ3v) is 2.29. The summed E-state index contributed by atoms with van der Waals surface area (Å²) in [6.07, 6.45) is 1.68. The van der Waals surface area contributed by atoms with E-state index in [0.717, 1.165) is 10.9 Å². The Morgan fingerprint density at radius 1 is 1.33 bits per heavy atom. The molecule has 0 radical (unpaired) electrons. The number of carbonyl (C=O) groups is 1. The largest absolute Gasteiger partial charge is 0.477 e. The maximum absolute atomic E-state index is 10.6. The zero-order valence-corrected chi connectivity index (χ0v) is 10.4. The van der Waals surface area contributed by atoms with Crippen LogP contribution in [0.3, 0.4) is 0 Å². The van der Waals surface area contributed by atoms with Gasteiger partial charge in [-0.3, -0.25) is 10.4 Å². The molecule has 6 heteroatoms. The van der Waals surface area contributed by atoms with E-state index in [9.17, 15) is 4.79 Å². The van der Waals surface area contributed by atoms with Crippen LogP contribution in [0.5, 0.6) is 0 Å². The van der Waals surface area contributed by atoms with Crippen molar-refractivity contribution in [1.82, 2.24) is 4.98 Å². The third kappa shape index (κ3) is 2.95. The second-order valence-corrected chi connectivity index (χ2v) is 3.49. The number of fused-ring (bicyclic) bond motifs is 1. The highest BCUT2D eigenvalue weighted by molar-refractivity contribution is 6.34. The number of nitrogens with one attached hydrogen (secondary N) is 1. The Kier molecular flexibility index (Phi) is 4.62. The Balaban J connectivity index is 0.00000162. The van der Waals surface area contributed by atoms with Gasteiger partial charge < -0.3 is 5.11 Å². The minimum absolute atomic E-state index is 0. The van der Waals surface area contributed by atoms with E-state index < -0.39 is 5.97 Å². The van der Waals surface area contributed by atoms with Crippen LogP contribution in [0.1, 0.15) is 6.92 Å². The molecule has 0 spiro atoms. The molecule has 1 aromatic heterocycles. The SMILES string of the molecule is C/C(=N\Nc1cccc2cccnc12)C(=O)O.Cl. The molecule has 0 saturated carbocycles. The van der Waals surface area contributed by atoms with Crippen molar-refractivity contribution < 1.29 is 9.90 Å². The first kappa shape index (κ1) is 13.9. The molecule has 2 N–H and O–H groups in total. The van der Waals surface area contributed by atoms with Crippen LogP contribution in [-0.2, 0) is 4.79 Å². The quantitative estimate of drug-likeness (QED) is 0.661. The van der Waals surface area contributed by atoms with Crippen LogP contribution in [-0.4, -0.2) is 21.8 Å². The lowest BCUT2D eigenvalue weighted by molar-refractivity contribution is -0.129. The van der Waals surface area contributed by atoms with Gasteiger partial charge in [-0.15, -0.1) is 12.4 Å². The van der Waals surface area contributed by atoms with Gasteiger partial charge in [0, 0.05) is 11.6 Å². The number of hydrogen-bond donors (Lipinski definition) is 2. The van der Waals surface area contributed by atoms with E-state index in [1.165, 1.54) is 6.92 Å². The van der Waals surface area contributed by atoms with Gasteiger partial charge in [0.15, 0.2) is 0 Å². The fourth-order valence-electron chi connectivity index (χ4n) is 1.39. The molecule has 0 aliphatic carbocycles. The van der Waals surface area contributed by atoms with Crippen molar-refractivity contribution in [2.45, 2.75) is 6.92 Å². The molecular weight excluding hydrogens is 254 g/mol. The fraction of sp³-hybridized carbons (Fsp3) is 0.0833. The summed E-state index contributed by atoms with van der Waals surface area (Å²) in [6, 6.07) is 9.37. The predicted octanol–water partition coefficient (Wildman–Crippen LogP) is 2.53. The van der Waals surface area contributed by atoms with Crippen LogP contribution in [0.2, 0.25) is 0 Å². The molecule has 0 atom stereocenters. The maximum Gasteiger partial charge on any atom is 0.351 e. The second kappa shape index (κ2) is 5.97. The minimum atomic E-state index is -1.05. The van der Waals surface area contributed by atoms with Crippen LogP contribution in [0.15, 0.2) is 41.6 Å². The zero-order valence-electron chi connectivity index (χ0n) is 9.62. The van der Waals surface area contributed by atoms with E-state index in [-0.39, 0.29) is 18.1 Å². The second-order valence-electron chi connectivity index (χ2n) is 3.49. The highest BCUT2D eigenvalue weighted by Gasteiger charge is 2.03. The molecule has 0 saturated heterocycles. The van der Waals surface area contributed by atoms with E-state index in [4.69, 9.17) is 5.11 Å². The van der Waals surface area contributed by atoms with E-state index in [1.807, 2.05) is 24.3 Å². The number of carboxylic acid groups (broad SMARTS) is 1. The van der Waals surface area contributed by atoms with Gasteiger partial charge in [0.25, 0.3) is 0 Å². The maximum atomic E-state index is 10.6. The number of aromatic nitrogens is 1. The summed E-state index contributed by atoms with van der Waals surface area (Å²) in [5.41, 5.74) is 4.16. The zero-order chi connectivity index (χ0) is 12.3. The number of nitrogens with zero attached hydrogens (tertiary/aromatic N) is 2. The molecule has 0 aliphatic rings. The summed E-state index contributed by atoms with van der Waals surface area (Å²) in [6.45, 7) is 1.42. The first-order valence-electron chi connectivity index (χ1n) is 5.06. The number of rotatable bonds is 3. The summed E-state index contributed by atoms with van der Waals surface area (Å²) in [4.78, 5) is 14.8. The monoisotopic (exact) mass is 265 g/mol. The molecule has 0 aliphatic heterocycles. The first-order valence-corrected chi connectivity index (χ1v) is 5.06. The molecule has 5 nitrogen and oxygen atoms in total. The van der Waals surface area contributed by atoms with Gasteiger partial charge in [-0.25, -0.2) is 4.79 Å². The van der Waals surface area contributed by atoms with Crippen LogP contribution < -0.4 is 5.43 Å². The molecule has 94 valence electrons. The molecule has 2 aromatic rings. The first-order chi connectivity index (χ1) is 8.18. The van der Waals surface area contributed by atoms with E-state index >= 15 is 0 Å². The van der Waals surface area contributed by atoms with Gasteiger partial charge >= 0.3 is 5.97 Å². The number of carboxylic acids is 1.